The lowest BCUT2D eigenvalue weighted by atomic mass is 10.0. The summed E-state index contributed by atoms with van der Waals surface area (Å²) in [7, 11) is 1.58. The Hall–Kier alpha value is -2.70. The number of hydrogen-bond acceptors (Lipinski definition) is 4. The summed E-state index contributed by atoms with van der Waals surface area (Å²) in [5, 5.41) is 5.03. The van der Waals surface area contributed by atoms with Crippen LogP contribution in [0.3, 0.4) is 0 Å². The Morgan fingerprint density at radius 3 is 2.64 bits per heavy atom. The summed E-state index contributed by atoms with van der Waals surface area (Å²) >= 11 is 5.90. The predicted octanol–water partition coefficient (Wildman–Crippen LogP) is 3.56. The van der Waals surface area contributed by atoms with Gasteiger partial charge >= 0.3 is 0 Å². The SMILES string of the molecule is COCCn1nc(C(C)c2cc(C)c(C(=O)c3ccc(Cl)cc3)[nH]2)ccc1=O. The predicted molar refractivity (Wildman–Crippen MR) is 108 cm³/mol. The van der Waals surface area contributed by atoms with Crippen molar-refractivity contribution in [2.24, 2.45) is 0 Å². The fraction of sp³-hybridized carbons (Fsp3) is 0.286. The van der Waals surface area contributed by atoms with E-state index in [-0.39, 0.29) is 17.3 Å². The highest BCUT2D eigenvalue weighted by molar-refractivity contribution is 6.30. The minimum atomic E-state index is -0.172. The average molecular weight is 400 g/mol. The zero-order valence-corrected chi connectivity index (χ0v) is 16.8. The van der Waals surface area contributed by atoms with E-state index < -0.39 is 0 Å². The molecule has 0 amide bonds. The van der Waals surface area contributed by atoms with Gasteiger partial charge in [-0.1, -0.05) is 18.5 Å². The number of nitrogens with one attached hydrogen (secondary N) is 1. The van der Waals surface area contributed by atoms with E-state index in [1.165, 1.54) is 10.7 Å². The molecule has 0 radical (unpaired) electrons. The molecule has 2 heterocycles. The molecule has 146 valence electrons. The minimum absolute atomic E-state index is 0.0920. The Kier molecular flexibility index (Phi) is 6.11. The lowest BCUT2D eigenvalue weighted by Gasteiger charge is -2.12. The van der Waals surface area contributed by atoms with Crippen molar-refractivity contribution in [2.45, 2.75) is 26.3 Å². The summed E-state index contributed by atoms with van der Waals surface area (Å²) in [5.41, 5.74) is 3.39. The van der Waals surface area contributed by atoms with E-state index in [9.17, 15) is 9.59 Å². The second kappa shape index (κ2) is 8.54. The van der Waals surface area contributed by atoms with Crippen molar-refractivity contribution < 1.29 is 9.53 Å². The van der Waals surface area contributed by atoms with Crippen molar-refractivity contribution in [3.63, 3.8) is 0 Å². The van der Waals surface area contributed by atoms with Crippen LogP contribution in [0.2, 0.25) is 5.02 Å². The van der Waals surface area contributed by atoms with Crippen LogP contribution in [0.4, 0.5) is 0 Å². The van der Waals surface area contributed by atoms with Gasteiger partial charge < -0.3 is 9.72 Å². The van der Waals surface area contributed by atoms with Gasteiger partial charge in [-0.15, -0.1) is 0 Å². The second-order valence-corrected chi connectivity index (χ2v) is 7.09. The van der Waals surface area contributed by atoms with Crippen LogP contribution in [0.15, 0.2) is 47.3 Å². The highest BCUT2D eigenvalue weighted by Crippen LogP contribution is 2.25. The highest BCUT2D eigenvalue weighted by Gasteiger charge is 2.19. The second-order valence-electron chi connectivity index (χ2n) is 6.65. The molecule has 1 atom stereocenters. The highest BCUT2D eigenvalue weighted by atomic mass is 35.5. The molecule has 0 spiro atoms. The lowest BCUT2D eigenvalue weighted by Crippen LogP contribution is -2.25. The number of methoxy groups -OCH3 is 1. The first-order valence-corrected chi connectivity index (χ1v) is 9.35. The van der Waals surface area contributed by atoms with Gasteiger partial charge in [0, 0.05) is 35.4 Å². The fourth-order valence-electron chi connectivity index (χ4n) is 2.99. The number of ketones is 1. The number of H-pyrrole nitrogens is 1. The molecule has 3 aromatic rings. The zero-order chi connectivity index (χ0) is 20.3. The first-order chi connectivity index (χ1) is 13.4. The van der Waals surface area contributed by atoms with Crippen LogP contribution in [0.5, 0.6) is 0 Å². The quantitative estimate of drug-likeness (QED) is 0.616. The molecular formula is C21H22ClN3O3. The van der Waals surface area contributed by atoms with Gasteiger partial charge in [-0.3, -0.25) is 9.59 Å². The van der Waals surface area contributed by atoms with Gasteiger partial charge in [0.25, 0.3) is 5.56 Å². The van der Waals surface area contributed by atoms with Crippen molar-refractivity contribution >= 4 is 17.4 Å². The summed E-state index contributed by atoms with van der Waals surface area (Å²) in [6.45, 7) is 4.67. The first kappa shape index (κ1) is 20.0. The summed E-state index contributed by atoms with van der Waals surface area (Å²) in [6.07, 6.45) is 0. The number of aromatic amines is 1. The van der Waals surface area contributed by atoms with Crippen molar-refractivity contribution in [2.75, 3.05) is 13.7 Å². The van der Waals surface area contributed by atoms with Crippen LogP contribution >= 0.6 is 11.6 Å². The number of carbonyl (C=O) groups excluding carboxylic acids is 1. The van der Waals surface area contributed by atoms with Crippen LogP contribution in [0.1, 0.15) is 45.8 Å². The van der Waals surface area contributed by atoms with Gasteiger partial charge in [0.1, 0.15) is 0 Å². The molecule has 28 heavy (non-hydrogen) atoms. The maximum atomic E-state index is 12.8. The Morgan fingerprint density at radius 2 is 1.96 bits per heavy atom. The normalized spacial score (nSPS) is 12.1. The molecule has 3 rings (SSSR count). The molecule has 0 bridgehead atoms. The lowest BCUT2D eigenvalue weighted by molar-refractivity contribution is 0.103. The van der Waals surface area contributed by atoms with Crippen molar-refractivity contribution in [1.82, 2.24) is 14.8 Å². The Bertz CT molecular complexity index is 1040. The summed E-state index contributed by atoms with van der Waals surface area (Å²) in [6, 6.07) is 12.0. The summed E-state index contributed by atoms with van der Waals surface area (Å²) in [5.74, 6) is -0.203. The third kappa shape index (κ3) is 4.24. The standard InChI is InChI=1S/C21H22ClN3O3/c1-13-12-18(23-20(13)21(27)15-4-6-16(22)7-5-15)14(2)17-8-9-19(26)25(24-17)10-11-28-3/h4-9,12,14,23H,10-11H2,1-3H3. The van der Waals surface area contributed by atoms with E-state index >= 15 is 0 Å². The molecule has 1 unspecified atom stereocenters. The number of halogens is 1. The van der Waals surface area contributed by atoms with Crippen LogP contribution in [-0.4, -0.2) is 34.3 Å². The Morgan fingerprint density at radius 1 is 1.25 bits per heavy atom. The summed E-state index contributed by atoms with van der Waals surface area (Å²) < 4.78 is 6.42. The number of aromatic nitrogens is 3. The Balaban J connectivity index is 1.89. The van der Waals surface area contributed by atoms with Crippen molar-refractivity contribution in [3.8, 4) is 0 Å². The molecule has 0 aliphatic carbocycles. The van der Waals surface area contributed by atoms with E-state index in [2.05, 4.69) is 10.1 Å². The molecule has 1 aromatic carbocycles. The van der Waals surface area contributed by atoms with Gasteiger partial charge in [-0.2, -0.15) is 5.10 Å². The molecule has 0 aliphatic rings. The smallest absolute Gasteiger partial charge is 0.266 e. The number of benzene rings is 1. The minimum Gasteiger partial charge on any atom is -0.383 e. The molecule has 0 saturated heterocycles. The summed E-state index contributed by atoms with van der Waals surface area (Å²) in [4.78, 5) is 28.0. The third-order valence-electron chi connectivity index (χ3n) is 4.67. The monoisotopic (exact) mass is 399 g/mol. The van der Waals surface area contributed by atoms with Gasteiger partial charge in [-0.05, 0) is 48.9 Å². The largest absolute Gasteiger partial charge is 0.383 e. The molecule has 0 aliphatic heterocycles. The zero-order valence-electron chi connectivity index (χ0n) is 16.0. The number of ether oxygens (including phenoxy) is 1. The van der Waals surface area contributed by atoms with Crippen LogP contribution in [0.25, 0.3) is 0 Å². The number of carbonyl (C=O) groups is 1. The van der Waals surface area contributed by atoms with Crippen molar-refractivity contribution in [1.29, 1.82) is 0 Å². The molecule has 0 fully saturated rings. The maximum absolute atomic E-state index is 12.8. The van der Waals surface area contributed by atoms with Gasteiger partial charge in [0.2, 0.25) is 5.78 Å². The number of aryl methyl sites for hydroxylation is 1. The van der Waals surface area contributed by atoms with Crippen molar-refractivity contribution in [3.05, 3.63) is 86.0 Å². The third-order valence-corrected chi connectivity index (χ3v) is 4.93. The van der Waals surface area contributed by atoms with E-state index in [4.69, 9.17) is 16.3 Å². The topological polar surface area (TPSA) is 77.0 Å². The van der Waals surface area contributed by atoms with E-state index in [1.54, 1.807) is 37.4 Å². The van der Waals surface area contributed by atoms with Crippen LogP contribution < -0.4 is 5.56 Å². The molecule has 6 nitrogen and oxygen atoms in total. The first-order valence-electron chi connectivity index (χ1n) is 8.97. The number of rotatable bonds is 7. The molecule has 0 saturated carbocycles. The van der Waals surface area contributed by atoms with Gasteiger partial charge in [0.05, 0.1) is 24.5 Å². The van der Waals surface area contributed by atoms with E-state index in [0.29, 0.717) is 29.4 Å². The van der Waals surface area contributed by atoms with Crippen LogP contribution in [-0.2, 0) is 11.3 Å². The molecular weight excluding hydrogens is 378 g/mol. The molecule has 1 N–H and O–H groups in total. The Labute approximate surface area is 168 Å². The maximum Gasteiger partial charge on any atom is 0.266 e. The van der Waals surface area contributed by atoms with Gasteiger partial charge in [-0.25, -0.2) is 4.68 Å². The average Bonchev–Trinajstić information content (AvgIpc) is 3.08. The van der Waals surface area contributed by atoms with Crippen LogP contribution in [0, 0.1) is 6.92 Å². The number of nitrogens with zero attached hydrogens (tertiary/aromatic N) is 2. The fourth-order valence-corrected chi connectivity index (χ4v) is 3.12. The van der Waals surface area contributed by atoms with E-state index in [1.807, 2.05) is 19.9 Å². The van der Waals surface area contributed by atoms with Gasteiger partial charge in [0.15, 0.2) is 0 Å². The van der Waals surface area contributed by atoms with E-state index in [0.717, 1.165) is 17.0 Å². The number of hydrogen-bond donors (Lipinski definition) is 1. The molecule has 7 heteroatoms. The molecule has 2 aromatic heterocycles.